The summed E-state index contributed by atoms with van der Waals surface area (Å²) in [6.07, 6.45) is -3.18. The molecule has 0 amide bonds. The van der Waals surface area contributed by atoms with Crippen molar-refractivity contribution in [2.75, 3.05) is 7.11 Å². The van der Waals surface area contributed by atoms with E-state index in [9.17, 15) is 18.0 Å². The number of alkyl halides is 3. The predicted molar refractivity (Wildman–Crippen MR) is 56.1 cm³/mol. The summed E-state index contributed by atoms with van der Waals surface area (Å²) in [6, 6.07) is 2.94. The number of methoxy groups -OCH3 is 1. The minimum absolute atomic E-state index is 0.0864. The molecule has 3 nitrogen and oxygen atoms in total. The summed E-state index contributed by atoms with van der Waals surface area (Å²) in [5.74, 6) is -0.0864. The molecule has 0 bridgehead atoms. The summed E-state index contributed by atoms with van der Waals surface area (Å²) in [5, 5.41) is 0.114. The summed E-state index contributed by atoms with van der Waals surface area (Å²) >= 11 is 0. The lowest BCUT2D eigenvalue weighted by Crippen LogP contribution is -2.08. The maximum Gasteiger partial charge on any atom is 0.416 e. The molecule has 0 atom stereocenters. The Balaban J connectivity index is 2.85. The highest BCUT2D eigenvalue weighted by Gasteiger charge is 2.31. The van der Waals surface area contributed by atoms with Gasteiger partial charge in [-0.2, -0.15) is 13.2 Å². The smallest absolute Gasteiger partial charge is 0.416 e. The summed E-state index contributed by atoms with van der Waals surface area (Å²) in [5.41, 5.74) is -1.14. The van der Waals surface area contributed by atoms with Crippen molar-refractivity contribution in [3.8, 4) is 5.75 Å². The van der Waals surface area contributed by atoms with Gasteiger partial charge in [-0.25, -0.2) is 0 Å². The highest BCUT2D eigenvalue weighted by molar-refractivity contribution is 5.85. The Hall–Kier alpha value is -1.98. The highest BCUT2D eigenvalue weighted by Crippen LogP contribution is 2.34. The normalized spacial score (nSPS) is 11.8. The lowest BCUT2D eigenvalue weighted by atomic mass is 10.1. The van der Waals surface area contributed by atoms with Gasteiger partial charge >= 0.3 is 6.18 Å². The number of H-pyrrole nitrogens is 1. The summed E-state index contributed by atoms with van der Waals surface area (Å²) in [7, 11) is 1.22. The number of nitrogens with one attached hydrogen (secondary N) is 1. The molecule has 1 heterocycles. The second kappa shape index (κ2) is 3.80. The Kier molecular flexibility index (Phi) is 2.57. The SMILES string of the molecule is COc1cc(C(F)(F)F)cc2[nH]ccc(=O)c12. The van der Waals surface area contributed by atoms with Gasteiger partial charge in [0, 0.05) is 12.3 Å². The van der Waals surface area contributed by atoms with Gasteiger partial charge in [0.25, 0.3) is 0 Å². The number of aromatic amines is 1. The Morgan fingerprint density at radius 2 is 2.00 bits per heavy atom. The standard InChI is InChI=1S/C11H8F3NO2/c1-17-9-5-6(11(12,13)14)4-7-10(9)8(16)2-3-15-7/h2-5H,1H3,(H,15,16). The molecule has 0 fully saturated rings. The van der Waals surface area contributed by atoms with E-state index in [0.717, 1.165) is 12.1 Å². The average molecular weight is 243 g/mol. The molecule has 0 aliphatic heterocycles. The van der Waals surface area contributed by atoms with Crippen LogP contribution in [-0.4, -0.2) is 12.1 Å². The van der Waals surface area contributed by atoms with Gasteiger partial charge in [0.1, 0.15) is 5.75 Å². The molecule has 0 radical (unpaired) electrons. The maximum atomic E-state index is 12.6. The van der Waals surface area contributed by atoms with Gasteiger partial charge in [-0.15, -0.1) is 0 Å². The maximum absolute atomic E-state index is 12.6. The number of fused-ring (bicyclic) bond motifs is 1. The van der Waals surface area contributed by atoms with E-state index in [1.165, 1.54) is 19.4 Å². The minimum Gasteiger partial charge on any atom is -0.496 e. The molecule has 2 rings (SSSR count). The van der Waals surface area contributed by atoms with E-state index in [1.807, 2.05) is 0 Å². The third kappa shape index (κ3) is 1.98. The van der Waals surface area contributed by atoms with Crippen LogP contribution in [0.5, 0.6) is 5.75 Å². The molecule has 0 saturated heterocycles. The van der Waals surface area contributed by atoms with E-state index in [-0.39, 0.29) is 22.1 Å². The van der Waals surface area contributed by atoms with Crippen molar-refractivity contribution < 1.29 is 17.9 Å². The fraction of sp³-hybridized carbons (Fsp3) is 0.182. The number of pyridine rings is 1. The molecule has 1 aromatic heterocycles. The second-order valence-corrected chi connectivity index (χ2v) is 3.44. The molecule has 0 unspecified atom stereocenters. The molecule has 0 saturated carbocycles. The molecule has 0 spiro atoms. The number of ether oxygens (including phenoxy) is 1. The summed E-state index contributed by atoms with van der Waals surface area (Å²) < 4.78 is 42.6. The zero-order chi connectivity index (χ0) is 12.6. The lowest BCUT2D eigenvalue weighted by Gasteiger charge is -2.10. The van der Waals surface area contributed by atoms with Crippen molar-refractivity contribution in [2.45, 2.75) is 6.18 Å². The average Bonchev–Trinajstić information content (AvgIpc) is 2.26. The lowest BCUT2D eigenvalue weighted by molar-refractivity contribution is -0.137. The Morgan fingerprint density at radius 3 is 2.59 bits per heavy atom. The fourth-order valence-electron chi connectivity index (χ4n) is 1.60. The molecule has 0 aliphatic carbocycles. The quantitative estimate of drug-likeness (QED) is 0.836. The first-order valence-corrected chi connectivity index (χ1v) is 4.70. The van der Waals surface area contributed by atoms with Crippen LogP contribution in [0, 0.1) is 0 Å². The van der Waals surface area contributed by atoms with Crippen LogP contribution in [0.3, 0.4) is 0 Å². The number of aromatic nitrogens is 1. The fourth-order valence-corrected chi connectivity index (χ4v) is 1.60. The number of hydrogen-bond donors (Lipinski definition) is 1. The predicted octanol–water partition coefficient (Wildman–Crippen LogP) is 2.56. The number of rotatable bonds is 1. The van der Waals surface area contributed by atoms with E-state index in [2.05, 4.69) is 4.98 Å². The molecule has 1 aromatic carbocycles. The number of hydrogen-bond acceptors (Lipinski definition) is 2. The first kappa shape index (κ1) is 11.5. The molecule has 0 aliphatic rings. The van der Waals surface area contributed by atoms with Crippen LogP contribution in [0.2, 0.25) is 0 Å². The van der Waals surface area contributed by atoms with Gasteiger partial charge in [0.05, 0.1) is 23.6 Å². The van der Waals surface area contributed by atoms with Gasteiger partial charge in [-0.05, 0) is 12.1 Å². The summed E-state index contributed by atoms with van der Waals surface area (Å²) in [6.45, 7) is 0. The van der Waals surface area contributed by atoms with Gasteiger partial charge in [-0.1, -0.05) is 0 Å². The van der Waals surface area contributed by atoms with Crippen LogP contribution in [0.25, 0.3) is 10.9 Å². The second-order valence-electron chi connectivity index (χ2n) is 3.44. The molecule has 90 valence electrons. The van der Waals surface area contributed by atoms with Gasteiger partial charge in [0.15, 0.2) is 5.43 Å². The van der Waals surface area contributed by atoms with Crippen molar-refractivity contribution in [3.63, 3.8) is 0 Å². The van der Waals surface area contributed by atoms with Gasteiger partial charge in [0.2, 0.25) is 0 Å². The number of benzene rings is 1. The number of halogens is 3. The molecule has 17 heavy (non-hydrogen) atoms. The van der Waals surface area contributed by atoms with Crippen LogP contribution in [0.1, 0.15) is 5.56 Å². The van der Waals surface area contributed by atoms with Crippen LogP contribution in [-0.2, 0) is 6.18 Å². The van der Waals surface area contributed by atoms with E-state index in [0.29, 0.717) is 0 Å². The van der Waals surface area contributed by atoms with Crippen LogP contribution >= 0.6 is 0 Å². The van der Waals surface area contributed by atoms with E-state index in [1.54, 1.807) is 0 Å². The third-order valence-electron chi connectivity index (χ3n) is 2.37. The van der Waals surface area contributed by atoms with Crippen molar-refractivity contribution in [3.05, 3.63) is 40.2 Å². The van der Waals surface area contributed by atoms with Gasteiger partial charge < -0.3 is 9.72 Å². The van der Waals surface area contributed by atoms with Crippen LogP contribution in [0.4, 0.5) is 13.2 Å². The molecule has 6 heteroatoms. The van der Waals surface area contributed by atoms with Crippen molar-refractivity contribution in [1.82, 2.24) is 4.98 Å². The highest BCUT2D eigenvalue weighted by atomic mass is 19.4. The zero-order valence-electron chi connectivity index (χ0n) is 8.76. The Labute approximate surface area is 93.8 Å². The third-order valence-corrected chi connectivity index (χ3v) is 2.37. The molecule has 1 N–H and O–H groups in total. The summed E-state index contributed by atoms with van der Waals surface area (Å²) in [4.78, 5) is 14.1. The largest absolute Gasteiger partial charge is 0.496 e. The van der Waals surface area contributed by atoms with Crippen molar-refractivity contribution in [2.24, 2.45) is 0 Å². The van der Waals surface area contributed by atoms with E-state index in [4.69, 9.17) is 4.74 Å². The van der Waals surface area contributed by atoms with Gasteiger partial charge in [-0.3, -0.25) is 4.79 Å². The Bertz CT molecular complexity index is 616. The van der Waals surface area contributed by atoms with Crippen LogP contribution in [0.15, 0.2) is 29.2 Å². The van der Waals surface area contributed by atoms with E-state index >= 15 is 0 Å². The first-order valence-electron chi connectivity index (χ1n) is 4.70. The monoisotopic (exact) mass is 243 g/mol. The van der Waals surface area contributed by atoms with Crippen molar-refractivity contribution in [1.29, 1.82) is 0 Å². The van der Waals surface area contributed by atoms with Crippen molar-refractivity contribution >= 4 is 10.9 Å². The topological polar surface area (TPSA) is 42.1 Å². The molecular formula is C11H8F3NO2. The van der Waals surface area contributed by atoms with E-state index < -0.39 is 11.7 Å². The minimum atomic E-state index is -4.48. The van der Waals surface area contributed by atoms with Crippen LogP contribution < -0.4 is 10.2 Å². The molecular weight excluding hydrogens is 235 g/mol. The first-order chi connectivity index (χ1) is 7.93. The Morgan fingerprint density at radius 1 is 1.29 bits per heavy atom. The molecule has 2 aromatic rings. The zero-order valence-corrected chi connectivity index (χ0v) is 8.76.